The molecule has 100 valence electrons. The van der Waals surface area contributed by atoms with Crippen LogP contribution in [0.25, 0.3) is 0 Å². The van der Waals surface area contributed by atoms with Gasteiger partial charge < -0.3 is 20.1 Å². The lowest BCUT2D eigenvalue weighted by atomic mass is 10.00. The molecule has 5 nitrogen and oxygen atoms in total. The Balaban J connectivity index is 2.94. The van der Waals surface area contributed by atoms with Crippen molar-refractivity contribution in [1.82, 2.24) is 0 Å². The normalized spacial score (nSPS) is 14.0. The predicted octanol–water partition coefficient (Wildman–Crippen LogP) is 1.36. The van der Waals surface area contributed by atoms with Gasteiger partial charge >= 0.3 is 5.97 Å². The Hall–Kier alpha value is -1.11. The molecule has 0 radical (unpaired) electrons. The van der Waals surface area contributed by atoms with Crippen LogP contribution in [0, 0.1) is 0 Å². The van der Waals surface area contributed by atoms with Crippen molar-refractivity contribution in [3.8, 4) is 5.75 Å². The van der Waals surface area contributed by atoms with E-state index in [0.29, 0.717) is 11.8 Å². The Bertz CT molecular complexity index is 421. The van der Waals surface area contributed by atoms with Gasteiger partial charge in [0.25, 0.3) is 0 Å². The lowest BCUT2D eigenvalue weighted by Crippen LogP contribution is -2.18. The van der Waals surface area contributed by atoms with Crippen LogP contribution in [0.5, 0.6) is 5.75 Å². The molecule has 0 aliphatic rings. The number of esters is 1. The summed E-state index contributed by atoms with van der Waals surface area (Å²) in [6.45, 7) is 0. The molecule has 0 bridgehead atoms. The van der Waals surface area contributed by atoms with Crippen LogP contribution in [0.4, 0.5) is 0 Å². The molecular weight excluding hydrogens is 304 g/mol. The summed E-state index contributed by atoms with van der Waals surface area (Å²) in [5, 5.41) is 29.7. The lowest BCUT2D eigenvalue weighted by molar-refractivity contribution is 0.0160. The number of carbonyl (C=O) groups is 1. The maximum Gasteiger partial charge on any atom is 0.337 e. The van der Waals surface area contributed by atoms with Gasteiger partial charge in [-0.15, -0.1) is 0 Å². The zero-order chi connectivity index (χ0) is 13.7. The zero-order valence-corrected chi connectivity index (χ0v) is 11.4. The number of methoxy groups -OCH3 is 1. The smallest absolute Gasteiger partial charge is 0.337 e. The molecule has 0 heterocycles. The topological polar surface area (TPSA) is 87.0 Å². The SMILES string of the molecule is COC(=O)c1ccc(C(O)C(O)CCBr)c(O)c1. The van der Waals surface area contributed by atoms with Gasteiger partial charge in [0.05, 0.1) is 18.8 Å². The molecule has 0 aromatic heterocycles. The molecule has 1 aromatic carbocycles. The molecule has 0 saturated carbocycles. The fourth-order valence-corrected chi connectivity index (χ4v) is 1.98. The minimum Gasteiger partial charge on any atom is -0.508 e. The van der Waals surface area contributed by atoms with E-state index in [2.05, 4.69) is 20.7 Å². The molecule has 1 rings (SSSR count). The van der Waals surface area contributed by atoms with Crippen molar-refractivity contribution in [2.75, 3.05) is 12.4 Å². The van der Waals surface area contributed by atoms with Crippen molar-refractivity contribution in [1.29, 1.82) is 0 Å². The van der Waals surface area contributed by atoms with E-state index >= 15 is 0 Å². The molecule has 0 aliphatic heterocycles. The fourth-order valence-electron chi connectivity index (χ4n) is 1.52. The van der Waals surface area contributed by atoms with Crippen molar-refractivity contribution < 1.29 is 24.9 Å². The lowest BCUT2D eigenvalue weighted by Gasteiger charge is -2.18. The van der Waals surface area contributed by atoms with E-state index in [1.807, 2.05) is 0 Å². The Morgan fingerprint density at radius 2 is 2.11 bits per heavy atom. The van der Waals surface area contributed by atoms with Gasteiger partial charge in [-0.25, -0.2) is 4.79 Å². The molecule has 0 saturated heterocycles. The van der Waals surface area contributed by atoms with E-state index in [0.717, 1.165) is 0 Å². The Kier molecular flexibility index (Phi) is 5.58. The summed E-state index contributed by atoms with van der Waals surface area (Å²) in [5.74, 6) is -0.827. The van der Waals surface area contributed by atoms with E-state index in [9.17, 15) is 20.1 Å². The van der Waals surface area contributed by atoms with Gasteiger partial charge in [-0.1, -0.05) is 22.0 Å². The summed E-state index contributed by atoms with van der Waals surface area (Å²) in [6.07, 6.45) is -1.84. The Morgan fingerprint density at radius 1 is 1.44 bits per heavy atom. The summed E-state index contributed by atoms with van der Waals surface area (Å²) in [5.41, 5.74) is 0.358. The number of hydrogen-bond donors (Lipinski definition) is 3. The Labute approximate surface area is 113 Å². The number of carbonyl (C=O) groups excluding carboxylic acids is 1. The number of rotatable bonds is 5. The highest BCUT2D eigenvalue weighted by molar-refractivity contribution is 9.09. The van der Waals surface area contributed by atoms with Crippen LogP contribution in [0.3, 0.4) is 0 Å². The molecule has 0 spiro atoms. The number of aliphatic hydroxyl groups excluding tert-OH is 2. The molecule has 1 aromatic rings. The molecule has 0 fully saturated rings. The van der Waals surface area contributed by atoms with Crippen LogP contribution in [-0.2, 0) is 4.74 Å². The van der Waals surface area contributed by atoms with Crippen molar-refractivity contribution in [3.05, 3.63) is 29.3 Å². The number of benzene rings is 1. The van der Waals surface area contributed by atoms with Crippen molar-refractivity contribution >= 4 is 21.9 Å². The number of halogens is 1. The number of hydrogen-bond acceptors (Lipinski definition) is 5. The van der Waals surface area contributed by atoms with Crippen molar-refractivity contribution in [2.45, 2.75) is 18.6 Å². The first-order valence-corrected chi connectivity index (χ1v) is 6.46. The second kappa shape index (κ2) is 6.72. The van der Waals surface area contributed by atoms with Gasteiger partial charge in [-0.3, -0.25) is 0 Å². The number of aromatic hydroxyl groups is 1. The second-order valence-corrected chi connectivity index (χ2v) is 4.55. The summed E-state index contributed by atoms with van der Waals surface area (Å²) in [6, 6.07) is 4.01. The molecule has 3 N–H and O–H groups in total. The quantitative estimate of drug-likeness (QED) is 0.563. The third-order valence-corrected chi connectivity index (χ3v) is 3.00. The minimum absolute atomic E-state index is 0.177. The van der Waals surface area contributed by atoms with Crippen molar-refractivity contribution in [3.63, 3.8) is 0 Å². The van der Waals surface area contributed by atoms with Crippen LogP contribution in [0.1, 0.15) is 28.4 Å². The summed E-state index contributed by atoms with van der Waals surface area (Å²) in [4.78, 5) is 11.2. The molecular formula is C12H15BrO5. The number of phenolic OH excluding ortho intramolecular Hbond substituents is 1. The minimum atomic E-state index is -1.20. The van der Waals surface area contributed by atoms with Crippen molar-refractivity contribution in [2.24, 2.45) is 0 Å². The largest absolute Gasteiger partial charge is 0.508 e. The molecule has 18 heavy (non-hydrogen) atoms. The van der Waals surface area contributed by atoms with Gasteiger partial charge in [0.1, 0.15) is 11.9 Å². The standard InChI is InChI=1S/C12H15BrO5/c1-18-12(17)7-2-3-8(10(15)6-7)11(16)9(14)4-5-13/h2-3,6,9,11,14-16H,4-5H2,1H3. The first-order chi connectivity index (χ1) is 8.51. The number of alkyl halides is 1. The van der Waals surface area contributed by atoms with E-state index in [1.54, 1.807) is 0 Å². The first kappa shape index (κ1) is 14.9. The Morgan fingerprint density at radius 3 is 2.61 bits per heavy atom. The third-order valence-electron chi connectivity index (χ3n) is 2.54. The second-order valence-electron chi connectivity index (χ2n) is 3.76. The van der Waals surface area contributed by atoms with Crippen LogP contribution >= 0.6 is 15.9 Å². The molecule has 6 heteroatoms. The van der Waals surface area contributed by atoms with E-state index < -0.39 is 18.2 Å². The molecule has 2 unspecified atom stereocenters. The highest BCUT2D eigenvalue weighted by Gasteiger charge is 2.21. The van der Waals surface area contributed by atoms with Gasteiger partial charge in [0, 0.05) is 10.9 Å². The molecule has 2 atom stereocenters. The first-order valence-electron chi connectivity index (χ1n) is 5.34. The highest BCUT2D eigenvalue weighted by atomic mass is 79.9. The zero-order valence-electron chi connectivity index (χ0n) is 9.84. The number of aliphatic hydroxyl groups is 2. The van der Waals surface area contributed by atoms with Crippen LogP contribution in [0.2, 0.25) is 0 Å². The maximum absolute atomic E-state index is 11.2. The summed E-state index contributed by atoms with van der Waals surface area (Å²) in [7, 11) is 1.24. The molecule has 0 aliphatic carbocycles. The molecule has 0 amide bonds. The van der Waals surface area contributed by atoms with Gasteiger partial charge in [-0.2, -0.15) is 0 Å². The fraction of sp³-hybridized carbons (Fsp3) is 0.417. The monoisotopic (exact) mass is 318 g/mol. The highest BCUT2D eigenvalue weighted by Crippen LogP contribution is 2.28. The average Bonchev–Trinajstić information content (AvgIpc) is 2.37. The average molecular weight is 319 g/mol. The van der Waals surface area contributed by atoms with Crippen LogP contribution in [0.15, 0.2) is 18.2 Å². The van der Waals surface area contributed by atoms with Gasteiger partial charge in [-0.05, 0) is 18.6 Å². The number of phenols is 1. The maximum atomic E-state index is 11.2. The van der Waals surface area contributed by atoms with E-state index in [4.69, 9.17) is 0 Å². The number of ether oxygens (including phenoxy) is 1. The van der Waals surface area contributed by atoms with Crippen LogP contribution < -0.4 is 0 Å². The van der Waals surface area contributed by atoms with Crippen LogP contribution in [-0.4, -0.2) is 39.8 Å². The predicted molar refractivity (Wildman–Crippen MR) is 68.8 cm³/mol. The summed E-state index contributed by atoms with van der Waals surface area (Å²) < 4.78 is 4.51. The van der Waals surface area contributed by atoms with E-state index in [1.165, 1.54) is 25.3 Å². The van der Waals surface area contributed by atoms with Gasteiger partial charge in [0.2, 0.25) is 0 Å². The third kappa shape index (κ3) is 3.44. The van der Waals surface area contributed by atoms with Gasteiger partial charge in [0.15, 0.2) is 0 Å². The van der Waals surface area contributed by atoms with E-state index in [-0.39, 0.29) is 16.9 Å². The summed E-state index contributed by atoms with van der Waals surface area (Å²) >= 11 is 3.15.